The summed E-state index contributed by atoms with van der Waals surface area (Å²) in [4.78, 5) is 2.26. The van der Waals surface area contributed by atoms with Crippen molar-refractivity contribution in [2.75, 3.05) is 18.0 Å². The number of nitrogens with zero attached hydrogens (tertiary/aromatic N) is 3. The van der Waals surface area contributed by atoms with Crippen LogP contribution < -0.4 is 15.4 Å². The Balaban J connectivity index is 1.86. The lowest BCUT2D eigenvalue weighted by molar-refractivity contribution is 0.379. The molecule has 3 aromatic rings. The Morgan fingerprint density at radius 2 is 1.84 bits per heavy atom. The van der Waals surface area contributed by atoms with Crippen LogP contribution in [0.5, 0.6) is 5.88 Å². The molecule has 0 saturated heterocycles. The molecule has 0 bridgehead atoms. The molecule has 1 unspecified atom stereocenters. The van der Waals surface area contributed by atoms with Gasteiger partial charge in [0.15, 0.2) is 0 Å². The fourth-order valence-corrected chi connectivity index (χ4v) is 4.21. The molecule has 0 radical (unpaired) electrons. The maximum atomic E-state index is 9.87. The van der Waals surface area contributed by atoms with Crippen molar-refractivity contribution in [1.29, 1.82) is 5.26 Å². The van der Waals surface area contributed by atoms with Crippen molar-refractivity contribution in [3.63, 3.8) is 0 Å². The monoisotopic (exact) mass is 453 g/mol. The van der Waals surface area contributed by atoms with E-state index in [2.05, 4.69) is 47.1 Å². The largest absolute Gasteiger partial charge is 0.420 e. The fraction of sp³-hybridized carbons (Fsp3) is 0.217. The zero-order valence-corrected chi connectivity index (χ0v) is 18.6. The molecule has 2 heterocycles. The standard InChI is InChI=1S/C23H21Cl2N5O/c1-3-30(4-2)15-8-5-13(6-9-15)19-16(12-26)22(27)31-23-20(19)21(28-29-23)14-7-10-17(24)18(25)11-14/h5-11,19H,3-4,27H2,1-2H3,(H,28,29). The average molecular weight is 454 g/mol. The summed E-state index contributed by atoms with van der Waals surface area (Å²) in [7, 11) is 0. The third kappa shape index (κ3) is 3.71. The number of hydrogen-bond donors (Lipinski definition) is 2. The minimum absolute atomic E-state index is 0.0556. The maximum absolute atomic E-state index is 9.87. The van der Waals surface area contributed by atoms with Gasteiger partial charge in [0.25, 0.3) is 0 Å². The number of rotatable bonds is 5. The van der Waals surface area contributed by atoms with Gasteiger partial charge in [-0.15, -0.1) is 5.10 Å². The number of allylic oxidation sites excluding steroid dienone is 1. The highest BCUT2D eigenvalue weighted by Crippen LogP contribution is 2.46. The third-order valence-corrected chi connectivity index (χ3v) is 6.24. The number of aromatic nitrogens is 2. The van der Waals surface area contributed by atoms with Gasteiger partial charge in [-0.05, 0) is 43.7 Å². The van der Waals surface area contributed by atoms with E-state index in [1.165, 1.54) is 0 Å². The van der Waals surface area contributed by atoms with Gasteiger partial charge in [-0.2, -0.15) is 5.26 Å². The number of hydrogen-bond acceptors (Lipinski definition) is 5. The van der Waals surface area contributed by atoms with Crippen molar-refractivity contribution in [2.24, 2.45) is 5.73 Å². The molecule has 158 valence electrons. The van der Waals surface area contributed by atoms with E-state index in [0.717, 1.165) is 35.5 Å². The van der Waals surface area contributed by atoms with Gasteiger partial charge in [0, 0.05) is 24.3 Å². The molecule has 0 fully saturated rings. The molecular weight excluding hydrogens is 433 g/mol. The van der Waals surface area contributed by atoms with Gasteiger partial charge in [-0.1, -0.05) is 41.4 Å². The van der Waals surface area contributed by atoms with Crippen LogP contribution in [0.2, 0.25) is 10.0 Å². The van der Waals surface area contributed by atoms with Gasteiger partial charge in [0.2, 0.25) is 11.8 Å². The molecule has 1 aliphatic heterocycles. The molecule has 1 atom stereocenters. The van der Waals surface area contributed by atoms with Crippen LogP contribution in [0.25, 0.3) is 11.3 Å². The van der Waals surface area contributed by atoms with Crippen LogP contribution in [-0.2, 0) is 0 Å². The molecular formula is C23H21Cl2N5O. The number of nitrogens with two attached hydrogens (primary N) is 1. The number of H-pyrrole nitrogens is 1. The van der Waals surface area contributed by atoms with Crippen molar-refractivity contribution >= 4 is 28.9 Å². The topological polar surface area (TPSA) is 91.0 Å². The number of ether oxygens (including phenoxy) is 1. The summed E-state index contributed by atoms with van der Waals surface area (Å²) in [5, 5.41) is 18.1. The third-order valence-electron chi connectivity index (χ3n) is 5.50. The van der Waals surface area contributed by atoms with Crippen molar-refractivity contribution in [3.05, 3.63) is 75.1 Å². The first-order valence-corrected chi connectivity index (χ1v) is 10.7. The van der Waals surface area contributed by atoms with E-state index >= 15 is 0 Å². The Hall–Kier alpha value is -3.14. The molecule has 1 aromatic heterocycles. The summed E-state index contributed by atoms with van der Waals surface area (Å²) in [6.07, 6.45) is 0. The predicted molar refractivity (Wildman–Crippen MR) is 123 cm³/mol. The highest BCUT2D eigenvalue weighted by Gasteiger charge is 2.35. The van der Waals surface area contributed by atoms with Crippen LogP contribution in [0.4, 0.5) is 5.69 Å². The minimum atomic E-state index is -0.428. The predicted octanol–water partition coefficient (Wildman–Crippen LogP) is 5.45. The van der Waals surface area contributed by atoms with E-state index < -0.39 is 5.92 Å². The molecule has 0 spiro atoms. The Bertz CT molecular complexity index is 1190. The fourth-order valence-electron chi connectivity index (χ4n) is 3.92. The smallest absolute Gasteiger partial charge is 0.244 e. The van der Waals surface area contributed by atoms with Crippen molar-refractivity contribution < 1.29 is 4.74 Å². The summed E-state index contributed by atoms with van der Waals surface area (Å²) in [6, 6.07) is 15.7. The van der Waals surface area contributed by atoms with E-state index in [0.29, 0.717) is 27.2 Å². The molecule has 4 rings (SSSR count). The van der Waals surface area contributed by atoms with Gasteiger partial charge in [0.05, 0.1) is 27.2 Å². The Kier molecular flexibility index (Phi) is 5.81. The number of nitriles is 1. The lowest BCUT2D eigenvalue weighted by Gasteiger charge is -2.25. The van der Waals surface area contributed by atoms with Gasteiger partial charge in [-0.3, -0.25) is 5.10 Å². The second-order valence-corrected chi connectivity index (χ2v) is 7.95. The lowest BCUT2D eigenvalue weighted by atomic mass is 9.83. The first-order valence-electron chi connectivity index (χ1n) is 9.94. The van der Waals surface area contributed by atoms with E-state index in [1.54, 1.807) is 12.1 Å². The van der Waals surface area contributed by atoms with Gasteiger partial charge in [0.1, 0.15) is 11.6 Å². The van der Waals surface area contributed by atoms with E-state index in [4.69, 9.17) is 33.7 Å². The van der Waals surface area contributed by atoms with Crippen LogP contribution in [0.15, 0.2) is 53.9 Å². The first-order chi connectivity index (χ1) is 15.0. The second kappa shape index (κ2) is 8.54. The molecule has 1 aliphatic rings. The minimum Gasteiger partial charge on any atom is -0.420 e. The number of halogens is 2. The number of benzene rings is 2. The maximum Gasteiger partial charge on any atom is 0.244 e. The van der Waals surface area contributed by atoms with Crippen LogP contribution in [0.3, 0.4) is 0 Å². The van der Waals surface area contributed by atoms with Crippen molar-refractivity contribution in [3.8, 4) is 23.2 Å². The molecule has 0 saturated carbocycles. The molecule has 2 aromatic carbocycles. The van der Waals surface area contributed by atoms with Gasteiger partial charge < -0.3 is 15.4 Å². The molecule has 0 amide bonds. The zero-order chi connectivity index (χ0) is 22.1. The number of anilines is 1. The van der Waals surface area contributed by atoms with Gasteiger partial charge >= 0.3 is 0 Å². The number of fused-ring (bicyclic) bond motifs is 1. The molecule has 3 N–H and O–H groups in total. The molecule has 8 heteroatoms. The van der Waals surface area contributed by atoms with Crippen LogP contribution >= 0.6 is 23.2 Å². The summed E-state index contributed by atoms with van der Waals surface area (Å²) in [6.45, 7) is 6.07. The summed E-state index contributed by atoms with van der Waals surface area (Å²) >= 11 is 12.3. The Morgan fingerprint density at radius 1 is 1.13 bits per heavy atom. The normalized spacial score (nSPS) is 15.3. The van der Waals surface area contributed by atoms with E-state index in [-0.39, 0.29) is 5.88 Å². The van der Waals surface area contributed by atoms with E-state index in [9.17, 15) is 5.26 Å². The van der Waals surface area contributed by atoms with Crippen LogP contribution in [0.1, 0.15) is 30.9 Å². The lowest BCUT2D eigenvalue weighted by Crippen LogP contribution is -2.22. The Morgan fingerprint density at radius 3 is 2.45 bits per heavy atom. The number of nitrogens with one attached hydrogen (secondary N) is 1. The van der Waals surface area contributed by atoms with Crippen molar-refractivity contribution in [1.82, 2.24) is 10.2 Å². The van der Waals surface area contributed by atoms with Crippen LogP contribution in [-0.4, -0.2) is 23.3 Å². The molecule has 0 aliphatic carbocycles. The zero-order valence-electron chi connectivity index (χ0n) is 17.1. The second-order valence-electron chi connectivity index (χ2n) is 7.13. The van der Waals surface area contributed by atoms with Crippen LogP contribution in [0, 0.1) is 11.3 Å². The highest BCUT2D eigenvalue weighted by atomic mass is 35.5. The average Bonchev–Trinajstić information content (AvgIpc) is 3.19. The summed E-state index contributed by atoms with van der Waals surface area (Å²) < 4.78 is 5.67. The quantitative estimate of drug-likeness (QED) is 0.535. The summed E-state index contributed by atoms with van der Waals surface area (Å²) in [5.74, 6) is -0.0295. The molecule has 6 nitrogen and oxygen atoms in total. The first kappa shape index (κ1) is 21.1. The van der Waals surface area contributed by atoms with E-state index in [1.807, 2.05) is 18.2 Å². The Labute approximate surface area is 190 Å². The summed E-state index contributed by atoms with van der Waals surface area (Å²) in [5.41, 5.74) is 10.7. The molecule has 31 heavy (non-hydrogen) atoms. The number of aromatic amines is 1. The SMILES string of the molecule is CCN(CC)c1ccc(C2C(C#N)=C(N)Oc3n[nH]c(-c4ccc(Cl)c(Cl)c4)c32)cc1. The highest BCUT2D eigenvalue weighted by molar-refractivity contribution is 6.42. The van der Waals surface area contributed by atoms with Gasteiger partial charge in [-0.25, -0.2) is 0 Å². The van der Waals surface area contributed by atoms with Crippen molar-refractivity contribution in [2.45, 2.75) is 19.8 Å².